The molecular weight excluding hydrogens is 449 g/mol. The fraction of sp³-hybridized carbons (Fsp3) is 0.0417. The van der Waals surface area contributed by atoms with E-state index in [-0.39, 0.29) is 6.61 Å². The van der Waals surface area contributed by atoms with Gasteiger partial charge in [-0.25, -0.2) is 4.79 Å². The molecule has 1 N–H and O–H groups in total. The molecule has 32 heavy (non-hydrogen) atoms. The number of nitrogens with one attached hydrogen (secondary N) is 1. The van der Waals surface area contributed by atoms with Gasteiger partial charge in [-0.1, -0.05) is 41.4 Å². The third kappa shape index (κ3) is 5.55. The van der Waals surface area contributed by atoms with E-state index in [0.29, 0.717) is 21.5 Å². The number of hydrogen-bond donors (Lipinski definition) is 1. The van der Waals surface area contributed by atoms with Crippen LogP contribution in [0.5, 0.6) is 11.5 Å². The lowest BCUT2D eigenvalue weighted by atomic mass is 10.2. The van der Waals surface area contributed by atoms with Crippen LogP contribution in [0.1, 0.15) is 5.56 Å². The summed E-state index contributed by atoms with van der Waals surface area (Å²) in [6.07, 6.45) is 3.41. The molecule has 6 nitrogen and oxygen atoms in total. The fourth-order valence-corrected chi connectivity index (χ4v) is 3.35. The van der Waals surface area contributed by atoms with Crippen LogP contribution in [-0.2, 0) is 4.79 Å². The number of nitrogens with zero attached hydrogens (tertiary/aromatic N) is 2. The summed E-state index contributed by atoms with van der Waals surface area (Å²) < 4.78 is 10.7. The van der Waals surface area contributed by atoms with Crippen molar-refractivity contribution in [3.63, 3.8) is 0 Å². The molecule has 0 unspecified atom stereocenters. The lowest BCUT2D eigenvalue weighted by Crippen LogP contribution is -2.17. The SMILES string of the molecule is O=C(COc1ccc(Cl)cc1Cl)Oc1ccc(/C=N/Nc2cccc3cccnc23)cc1. The molecule has 4 aromatic rings. The molecule has 160 valence electrons. The molecular formula is C24H17Cl2N3O3. The molecule has 0 saturated carbocycles. The monoisotopic (exact) mass is 465 g/mol. The second-order valence-corrected chi connectivity index (χ2v) is 7.50. The average Bonchev–Trinajstić information content (AvgIpc) is 2.80. The molecule has 0 fully saturated rings. The Kier molecular flexibility index (Phi) is 6.84. The molecule has 0 atom stereocenters. The summed E-state index contributed by atoms with van der Waals surface area (Å²) in [4.78, 5) is 16.4. The maximum absolute atomic E-state index is 12.0. The van der Waals surface area contributed by atoms with Gasteiger partial charge in [-0.2, -0.15) is 5.10 Å². The highest BCUT2D eigenvalue weighted by atomic mass is 35.5. The summed E-state index contributed by atoms with van der Waals surface area (Å²) >= 11 is 11.9. The summed E-state index contributed by atoms with van der Waals surface area (Å²) in [5.74, 6) is 0.195. The van der Waals surface area contributed by atoms with Crippen molar-refractivity contribution in [1.82, 2.24) is 4.98 Å². The zero-order valence-corrected chi connectivity index (χ0v) is 18.2. The Hall–Kier alpha value is -3.61. The molecule has 0 bridgehead atoms. The third-order valence-electron chi connectivity index (χ3n) is 4.38. The van der Waals surface area contributed by atoms with Crippen molar-refractivity contribution in [2.45, 2.75) is 0 Å². The first kappa shape index (κ1) is 21.6. The van der Waals surface area contributed by atoms with E-state index in [1.165, 1.54) is 6.07 Å². The van der Waals surface area contributed by atoms with E-state index in [0.717, 1.165) is 22.2 Å². The van der Waals surface area contributed by atoms with Crippen molar-refractivity contribution in [2.75, 3.05) is 12.0 Å². The Balaban J connectivity index is 1.31. The van der Waals surface area contributed by atoms with Gasteiger partial charge in [-0.05, 0) is 60.2 Å². The van der Waals surface area contributed by atoms with Gasteiger partial charge in [0.2, 0.25) is 0 Å². The highest BCUT2D eigenvalue weighted by molar-refractivity contribution is 6.35. The summed E-state index contributed by atoms with van der Waals surface area (Å²) in [7, 11) is 0. The number of rotatable bonds is 7. The molecule has 0 aliphatic heterocycles. The molecule has 1 aromatic heterocycles. The molecule has 1 heterocycles. The predicted molar refractivity (Wildman–Crippen MR) is 127 cm³/mol. The predicted octanol–water partition coefficient (Wildman–Crippen LogP) is 5.97. The van der Waals surface area contributed by atoms with E-state index >= 15 is 0 Å². The van der Waals surface area contributed by atoms with Crippen LogP contribution in [0.25, 0.3) is 10.9 Å². The van der Waals surface area contributed by atoms with Gasteiger partial charge >= 0.3 is 5.97 Å². The molecule has 3 aromatic carbocycles. The van der Waals surface area contributed by atoms with Crippen molar-refractivity contribution < 1.29 is 14.3 Å². The Labute approximate surface area is 194 Å². The minimum Gasteiger partial charge on any atom is -0.480 e. The van der Waals surface area contributed by atoms with Crippen LogP contribution in [0.15, 0.2) is 84.1 Å². The van der Waals surface area contributed by atoms with Gasteiger partial charge in [0.25, 0.3) is 0 Å². The zero-order chi connectivity index (χ0) is 22.3. The second kappa shape index (κ2) is 10.1. The molecule has 0 spiro atoms. The highest BCUT2D eigenvalue weighted by Crippen LogP contribution is 2.27. The molecule has 8 heteroatoms. The van der Waals surface area contributed by atoms with Gasteiger partial charge < -0.3 is 9.47 Å². The Morgan fingerprint density at radius 1 is 1.03 bits per heavy atom. The molecule has 0 radical (unpaired) electrons. The first-order chi connectivity index (χ1) is 15.6. The Morgan fingerprint density at radius 2 is 1.84 bits per heavy atom. The minimum absolute atomic E-state index is 0.284. The Morgan fingerprint density at radius 3 is 2.66 bits per heavy atom. The smallest absolute Gasteiger partial charge is 0.349 e. The first-order valence-electron chi connectivity index (χ1n) is 9.60. The number of carbonyl (C=O) groups is 1. The number of carbonyl (C=O) groups excluding carboxylic acids is 1. The van der Waals surface area contributed by atoms with E-state index in [4.69, 9.17) is 32.7 Å². The van der Waals surface area contributed by atoms with Crippen LogP contribution < -0.4 is 14.9 Å². The van der Waals surface area contributed by atoms with Gasteiger partial charge in [-0.15, -0.1) is 0 Å². The Bertz CT molecular complexity index is 1270. The van der Waals surface area contributed by atoms with E-state index < -0.39 is 5.97 Å². The number of benzene rings is 3. The third-order valence-corrected chi connectivity index (χ3v) is 4.91. The summed E-state index contributed by atoms with van der Waals surface area (Å²) in [6.45, 7) is -0.284. The van der Waals surface area contributed by atoms with Crippen LogP contribution >= 0.6 is 23.2 Å². The normalized spacial score (nSPS) is 10.9. The van der Waals surface area contributed by atoms with Crippen molar-refractivity contribution in [3.8, 4) is 11.5 Å². The number of anilines is 1. The number of esters is 1. The summed E-state index contributed by atoms with van der Waals surface area (Å²) in [5.41, 5.74) is 5.49. The molecule has 0 amide bonds. The summed E-state index contributed by atoms with van der Waals surface area (Å²) in [6, 6.07) is 21.4. The van der Waals surface area contributed by atoms with Crippen molar-refractivity contribution >= 4 is 52.0 Å². The van der Waals surface area contributed by atoms with E-state index in [1.807, 2.05) is 30.3 Å². The van der Waals surface area contributed by atoms with Crippen LogP contribution in [0.3, 0.4) is 0 Å². The maximum Gasteiger partial charge on any atom is 0.349 e. The largest absolute Gasteiger partial charge is 0.480 e. The number of fused-ring (bicyclic) bond motifs is 1. The van der Waals surface area contributed by atoms with Crippen LogP contribution in [0.2, 0.25) is 10.0 Å². The quantitative estimate of drug-likeness (QED) is 0.157. The number of para-hydroxylation sites is 1. The van der Waals surface area contributed by atoms with Crippen LogP contribution in [0, 0.1) is 0 Å². The van der Waals surface area contributed by atoms with E-state index in [9.17, 15) is 4.79 Å². The number of aromatic nitrogens is 1. The lowest BCUT2D eigenvalue weighted by Gasteiger charge is -2.08. The molecule has 0 aliphatic rings. The number of halogens is 2. The van der Waals surface area contributed by atoms with E-state index in [2.05, 4.69) is 15.5 Å². The second-order valence-electron chi connectivity index (χ2n) is 6.66. The van der Waals surface area contributed by atoms with Gasteiger partial charge in [0.15, 0.2) is 6.61 Å². The topological polar surface area (TPSA) is 72.8 Å². The number of ether oxygens (including phenoxy) is 2. The van der Waals surface area contributed by atoms with Gasteiger partial charge in [0.1, 0.15) is 11.5 Å². The van der Waals surface area contributed by atoms with Gasteiger partial charge in [0.05, 0.1) is 22.4 Å². The number of hydrazone groups is 1. The highest BCUT2D eigenvalue weighted by Gasteiger charge is 2.09. The van der Waals surface area contributed by atoms with Gasteiger partial charge in [-0.3, -0.25) is 10.4 Å². The average molecular weight is 466 g/mol. The van der Waals surface area contributed by atoms with E-state index in [1.54, 1.807) is 48.8 Å². The van der Waals surface area contributed by atoms with Gasteiger partial charge in [0, 0.05) is 16.6 Å². The standard InChI is InChI=1S/C24H17Cl2N3O3/c25-18-8-11-22(20(26)13-18)31-15-23(30)32-19-9-6-16(7-10-19)14-28-29-21-5-1-3-17-4-2-12-27-24(17)21/h1-14,29H,15H2/b28-14+. The first-order valence-corrected chi connectivity index (χ1v) is 10.4. The van der Waals surface area contributed by atoms with Crippen LogP contribution in [0.4, 0.5) is 5.69 Å². The molecule has 4 rings (SSSR count). The minimum atomic E-state index is -0.553. The van der Waals surface area contributed by atoms with Crippen molar-refractivity contribution in [2.24, 2.45) is 5.10 Å². The zero-order valence-electron chi connectivity index (χ0n) is 16.7. The summed E-state index contributed by atoms with van der Waals surface area (Å²) in [5, 5.41) is 6.10. The number of pyridine rings is 1. The maximum atomic E-state index is 12.0. The molecule has 0 aliphatic carbocycles. The van der Waals surface area contributed by atoms with Crippen molar-refractivity contribution in [3.05, 3.63) is 94.6 Å². The van der Waals surface area contributed by atoms with Crippen LogP contribution in [-0.4, -0.2) is 23.8 Å². The molecule has 0 saturated heterocycles. The fourth-order valence-electron chi connectivity index (χ4n) is 2.88. The number of hydrogen-bond acceptors (Lipinski definition) is 6. The van der Waals surface area contributed by atoms with Crippen molar-refractivity contribution in [1.29, 1.82) is 0 Å². The lowest BCUT2D eigenvalue weighted by molar-refractivity contribution is -0.136.